The van der Waals surface area contributed by atoms with E-state index in [-0.39, 0.29) is 53.1 Å². The van der Waals surface area contributed by atoms with Crippen LogP contribution in [0.2, 0.25) is 0 Å². The van der Waals surface area contributed by atoms with Gasteiger partial charge in [0.2, 0.25) is 0 Å². The molecule has 0 aromatic rings. The number of ether oxygens (including phenoxy) is 11. The van der Waals surface area contributed by atoms with Gasteiger partial charge in [0.1, 0.15) is 122 Å². The predicted octanol–water partition coefficient (Wildman–Crippen LogP) is -7.16. The van der Waals surface area contributed by atoms with E-state index in [9.17, 15) is 97.0 Å². The maximum Gasteiger partial charge on any atom is 0.187 e. The maximum atomic E-state index is 12.1. The molecule has 6 saturated heterocycles. The largest absolute Gasteiger partial charge is 0.394 e. The van der Waals surface area contributed by atoms with Crippen LogP contribution in [-0.2, 0) is 52.1 Å². The van der Waals surface area contributed by atoms with Gasteiger partial charge in [-0.05, 0) is 97.7 Å². The number of hydrogen-bond donors (Lipinski definition) is 19. The van der Waals surface area contributed by atoms with Crippen molar-refractivity contribution in [3.8, 4) is 0 Å². The second kappa shape index (κ2) is 27.3. The molecule has 0 spiro atoms. The number of aliphatic hydroxyl groups is 19. The van der Waals surface area contributed by atoms with Crippen molar-refractivity contribution < 1.29 is 149 Å². The van der Waals surface area contributed by atoms with Crippen LogP contribution in [-0.4, -0.2) is 314 Å². The molecule has 10 aliphatic rings. The lowest BCUT2D eigenvalue weighted by Crippen LogP contribution is -2.68. The highest BCUT2D eigenvalue weighted by molar-refractivity contribution is 5.16. The normalized spacial score (nSPS) is 55.6. The van der Waals surface area contributed by atoms with E-state index in [4.69, 9.17) is 52.1 Å². The van der Waals surface area contributed by atoms with Gasteiger partial charge in [-0.3, -0.25) is 0 Å². The Morgan fingerprint density at radius 2 is 0.977 bits per heavy atom. The van der Waals surface area contributed by atoms with Gasteiger partial charge in [0, 0.05) is 12.3 Å². The Morgan fingerprint density at radius 3 is 1.60 bits per heavy atom. The molecule has 30 nitrogen and oxygen atoms in total. The van der Waals surface area contributed by atoms with Gasteiger partial charge >= 0.3 is 0 Å². The van der Waals surface area contributed by atoms with Crippen LogP contribution in [0, 0.1) is 52.3 Å². The van der Waals surface area contributed by atoms with Crippen molar-refractivity contribution in [1.82, 2.24) is 0 Å². The molecule has 87 heavy (non-hydrogen) atoms. The number of aliphatic hydroxyl groups excluding tert-OH is 18. The average molecular weight is 1260 g/mol. The minimum atomic E-state index is -2.11. The van der Waals surface area contributed by atoms with E-state index in [1.54, 1.807) is 0 Å². The van der Waals surface area contributed by atoms with Crippen molar-refractivity contribution in [2.45, 2.75) is 263 Å². The third kappa shape index (κ3) is 12.6. The summed E-state index contributed by atoms with van der Waals surface area (Å²) < 4.78 is 64.8. The van der Waals surface area contributed by atoms with Gasteiger partial charge in [0.25, 0.3) is 0 Å². The fraction of sp³-hybridized carbons (Fsp3) is 1.00. The highest BCUT2D eigenvalue weighted by Crippen LogP contribution is 2.71. The maximum absolute atomic E-state index is 12.1. The van der Waals surface area contributed by atoms with Gasteiger partial charge < -0.3 is 149 Å². The lowest BCUT2D eigenvalue weighted by molar-refractivity contribution is -0.397. The molecule has 0 aromatic heterocycles. The Bertz CT molecular complexity index is 2230. The molecule has 0 amide bonds. The van der Waals surface area contributed by atoms with Crippen LogP contribution in [0.15, 0.2) is 0 Å². The van der Waals surface area contributed by atoms with Crippen LogP contribution in [0.25, 0.3) is 0 Å². The third-order valence-electron chi connectivity index (χ3n) is 22.2. The summed E-state index contributed by atoms with van der Waals surface area (Å²) in [5.41, 5.74) is -0.424. The lowest BCUT2D eigenvalue weighted by Gasteiger charge is -2.62. The molecule has 0 radical (unpaired) electrons. The standard InChI is InChI=1S/C57H96O30/c1-20(19-77-50-43(72)39(68)35(64)29(14-58)79-50)7-10-57(76)21(2)34-28(87-57)12-25-23-6-5-22-11-27(26(63)13-56(22,4)24(23)8-9-55(25,34)3)78-51-45(74)42(71)47(33(18-62)83-51)84-53-46(75)48(38(67)32(17-61)81-53)85-54-49(41(70)37(66)31(16-60)82-54)86-52-44(73)40(69)36(65)30(15-59)80-52/h20-54,58-76H,5-19H2,1-4H3/t20-,21+,22+,23-,24+,25+,26-,27-,28+,29-,30-,31-,32-,33-,34+,35-,36-,37-,38-,39+,40+,41+,42-,43-,44-,45-,46-,47+,48+,49-,50-,51-,52+,53+,54+,55+,56+,57?/m1/s1. The lowest BCUT2D eigenvalue weighted by atomic mass is 9.44. The summed E-state index contributed by atoms with van der Waals surface area (Å²) in [6, 6.07) is 0. The van der Waals surface area contributed by atoms with E-state index in [0.29, 0.717) is 37.5 Å². The van der Waals surface area contributed by atoms with E-state index < -0.39 is 205 Å². The number of fused-ring (bicyclic) bond motifs is 7. The van der Waals surface area contributed by atoms with Crippen LogP contribution in [0.5, 0.6) is 0 Å². The van der Waals surface area contributed by atoms with E-state index in [2.05, 4.69) is 20.8 Å². The molecule has 10 fully saturated rings. The Labute approximate surface area is 502 Å². The molecular weight excluding hydrogens is 1160 g/mol. The van der Waals surface area contributed by atoms with Gasteiger partial charge in [-0.25, -0.2) is 0 Å². The first-order valence-corrected chi connectivity index (χ1v) is 31.0. The summed E-state index contributed by atoms with van der Waals surface area (Å²) in [5.74, 6) is -0.611. The van der Waals surface area contributed by atoms with Crippen LogP contribution < -0.4 is 0 Å². The monoisotopic (exact) mass is 1260 g/mol. The van der Waals surface area contributed by atoms with Crippen molar-refractivity contribution >= 4 is 0 Å². The highest BCUT2D eigenvalue weighted by atomic mass is 16.8. The third-order valence-corrected chi connectivity index (χ3v) is 22.2. The number of rotatable bonds is 19. The van der Waals surface area contributed by atoms with E-state index >= 15 is 0 Å². The average Bonchev–Trinajstić information content (AvgIpc) is 1.59. The van der Waals surface area contributed by atoms with Gasteiger partial charge in [-0.15, -0.1) is 0 Å². The zero-order valence-corrected chi connectivity index (χ0v) is 49.3. The summed E-state index contributed by atoms with van der Waals surface area (Å²) in [5, 5.41) is 205. The molecule has 4 saturated carbocycles. The zero-order chi connectivity index (χ0) is 63.1. The Morgan fingerprint density at radius 1 is 0.483 bits per heavy atom. The van der Waals surface area contributed by atoms with Crippen molar-refractivity contribution in [1.29, 1.82) is 0 Å². The van der Waals surface area contributed by atoms with Crippen molar-refractivity contribution in [2.24, 2.45) is 52.3 Å². The first kappa shape index (κ1) is 68.7. The van der Waals surface area contributed by atoms with Crippen molar-refractivity contribution in [3.05, 3.63) is 0 Å². The smallest absolute Gasteiger partial charge is 0.187 e. The molecule has 10 rings (SSSR count). The van der Waals surface area contributed by atoms with Crippen LogP contribution in [0.1, 0.15) is 85.5 Å². The van der Waals surface area contributed by atoms with Crippen LogP contribution >= 0.6 is 0 Å². The molecule has 6 aliphatic heterocycles. The zero-order valence-electron chi connectivity index (χ0n) is 49.3. The molecule has 1 unspecified atom stereocenters. The first-order valence-electron chi connectivity index (χ1n) is 31.0. The molecule has 30 heteroatoms. The molecule has 6 heterocycles. The molecule has 38 atom stereocenters. The number of hydrogen-bond acceptors (Lipinski definition) is 30. The van der Waals surface area contributed by atoms with Gasteiger partial charge in [0.15, 0.2) is 37.2 Å². The summed E-state index contributed by atoms with van der Waals surface area (Å²) in [6.07, 6.45) is -39.8. The minimum absolute atomic E-state index is 0.0890. The van der Waals surface area contributed by atoms with Gasteiger partial charge in [-0.2, -0.15) is 0 Å². The topological polar surface area (TPSA) is 486 Å². The molecule has 4 aliphatic carbocycles. The van der Waals surface area contributed by atoms with Crippen molar-refractivity contribution in [2.75, 3.05) is 39.6 Å². The minimum Gasteiger partial charge on any atom is -0.394 e. The molecule has 504 valence electrons. The van der Waals surface area contributed by atoms with Crippen LogP contribution in [0.3, 0.4) is 0 Å². The fourth-order valence-corrected chi connectivity index (χ4v) is 17.2. The predicted molar refractivity (Wildman–Crippen MR) is 286 cm³/mol. The van der Waals surface area contributed by atoms with E-state index in [0.717, 1.165) is 32.1 Å². The summed E-state index contributed by atoms with van der Waals surface area (Å²) in [7, 11) is 0. The first-order chi connectivity index (χ1) is 41.2. The van der Waals surface area contributed by atoms with Gasteiger partial charge in [0.05, 0.1) is 58.0 Å². The summed E-state index contributed by atoms with van der Waals surface area (Å²) in [4.78, 5) is 0. The van der Waals surface area contributed by atoms with Crippen LogP contribution in [0.4, 0.5) is 0 Å². The van der Waals surface area contributed by atoms with Crippen molar-refractivity contribution in [3.63, 3.8) is 0 Å². The summed E-state index contributed by atoms with van der Waals surface area (Å²) in [6.45, 7) is 4.56. The van der Waals surface area contributed by atoms with E-state index in [1.807, 2.05) is 6.92 Å². The van der Waals surface area contributed by atoms with E-state index in [1.165, 1.54) is 0 Å². The molecule has 19 N–H and O–H groups in total. The Hall–Kier alpha value is -1.20. The fourth-order valence-electron chi connectivity index (χ4n) is 17.2. The highest BCUT2D eigenvalue weighted by Gasteiger charge is 2.69. The Balaban J connectivity index is 0.742. The molecular formula is C57H96O30. The molecule has 0 bridgehead atoms. The summed E-state index contributed by atoms with van der Waals surface area (Å²) >= 11 is 0. The molecule has 0 aromatic carbocycles. The Kier molecular flexibility index (Phi) is 21.5. The second-order valence-corrected chi connectivity index (χ2v) is 27.2. The second-order valence-electron chi connectivity index (χ2n) is 27.2. The van der Waals surface area contributed by atoms with Gasteiger partial charge in [-0.1, -0.05) is 27.7 Å². The SMILES string of the molecule is C[C@H](CCC1(O)O[C@H]2C[C@H]3[C@@H]4CC[C@H]5C[C@@H](O[C@@H]6O[C@H](CO)[C@H](O[C@@H]7O[C@H](CO)[C@@H](O)[C@H](O[C@@H]8O[C@H](CO)[C@@H](O)[C@H](O)[C@H]8O[C@@H]8O[C@H](CO)[C@@H](O)[C@H](O)[C@H]8O)[C@H]7O)[C@H](O)[C@H]6O)[C@H](O)C[C@]5(C)[C@H]4CC[C@]3(C)[C@H]2[C@@H]1C)CO[C@@H]1O[C@H](CO)[C@@H](O)[C@H](O)[C@H]1O. The quantitative estimate of drug-likeness (QED) is 0.0534.